The summed E-state index contributed by atoms with van der Waals surface area (Å²) in [6.45, 7) is 5.87. The average molecular weight is 695 g/mol. The lowest BCUT2D eigenvalue weighted by Gasteiger charge is -2.31. The zero-order chi connectivity index (χ0) is 30.1. The second-order valence-corrected chi connectivity index (χ2v) is 12.2. The molecule has 0 spiro atoms. The summed E-state index contributed by atoms with van der Waals surface area (Å²) in [5.41, 5.74) is 4.81. The van der Waals surface area contributed by atoms with Gasteiger partial charge in [-0.1, -0.05) is 23.2 Å². The zero-order valence-electron chi connectivity index (χ0n) is 24.9. The van der Waals surface area contributed by atoms with Crippen LogP contribution in [0.5, 0.6) is 11.6 Å². The first-order chi connectivity index (χ1) is 20.7. The van der Waals surface area contributed by atoms with Gasteiger partial charge in [0, 0.05) is 54.7 Å². The molecule has 3 aromatic heterocycles. The number of imidazole rings is 1. The summed E-state index contributed by atoms with van der Waals surface area (Å²) in [5, 5.41) is 10.2. The Morgan fingerprint density at radius 3 is 2.36 bits per heavy atom. The molecule has 4 aromatic rings. The van der Waals surface area contributed by atoms with Crippen LogP contribution in [0, 0.1) is 12.8 Å². The molecule has 2 aliphatic rings. The molecule has 0 atom stereocenters. The van der Waals surface area contributed by atoms with Crippen LogP contribution in [0.15, 0.2) is 42.7 Å². The molecular formula is C31H35Cl4N7O3. The number of carboxylic acids is 1. The number of ether oxygens (including phenoxy) is 1. The van der Waals surface area contributed by atoms with Gasteiger partial charge in [-0.15, -0.1) is 24.8 Å². The van der Waals surface area contributed by atoms with Crippen LogP contribution >= 0.6 is 48.0 Å². The number of rotatable bonds is 8. The van der Waals surface area contributed by atoms with E-state index in [-0.39, 0.29) is 37.2 Å². The van der Waals surface area contributed by atoms with Gasteiger partial charge in [-0.25, -0.2) is 19.9 Å². The van der Waals surface area contributed by atoms with Gasteiger partial charge in [-0.2, -0.15) is 0 Å². The molecule has 0 unspecified atom stereocenters. The van der Waals surface area contributed by atoms with Gasteiger partial charge in [0.15, 0.2) is 5.75 Å². The highest BCUT2D eigenvalue weighted by atomic mass is 35.5. The predicted octanol–water partition coefficient (Wildman–Crippen LogP) is 6.77. The minimum Gasteiger partial charge on any atom is -0.481 e. The van der Waals surface area contributed by atoms with Gasteiger partial charge in [-0.3, -0.25) is 9.69 Å². The Morgan fingerprint density at radius 1 is 1.00 bits per heavy atom. The number of halogens is 4. The summed E-state index contributed by atoms with van der Waals surface area (Å²) in [6, 6.07) is 9.28. The number of aliphatic carboxylic acids is 1. The Bertz CT molecular complexity index is 1620. The minimum absolute atomic E-state index is 0. The molecule has 0 aliphatic carbocycles. The molecule has 1 N–H and O–H groups in total. The molecule has 0 saturated carbocycles. The normalized spacial score (nSPS) is 15.2. The Kier molecular flexibility index (Phi) is 11.5. The number of carbonyl (C=O) groups is 1. The molecule has 240 valence electrons. The smallest absolute Gasteiger partial charge is 0.303 e. The maximum absolute atomic E-state index is 11.1. The number of benzene rings is 1. The van der Waals surface area contributed by atoms with Crippen LogP contribution in [-0.4, -0.2) is 60.1 Å². The quantitative estimate of drug-likeness (QED) is 0.214. The molecule has 0 radical (unpaired) electrons. The van der Waals surface area contributed by atoms with Gasteiger partial charge in [0.25, 0.3) is 0 Å². The number of aromatic nitrogens is 5. The van der Waals surface area contributed by atoms with Gasteiger partial charge in [0.05, 0.1) is 36.0 Å². The highest BCUT2D eigenvalue weighted by Crippen LogP contribution is 2.31. The molecule has 2 aliphatic heterocycles. The van der Waals surface area contributed by atoms with Crippen LogP contribution in [-0.2, 0) is 31.4 Å². The highest BCUT2D eigenvalue weighted by Gasteiger charge is 2.24. The summed E-state index contributed by atoms with van der Waals surface area (Å²) in [7, 11) is 2.04. The van der Waals surface area contributed by atoms with Gasteiger partial charge in [0.2, 0.25) is 11.8 Å². The lowest BCUT2D eigenvalue weighted by Crippen LogP contribution is -2.33. The molecule has 14 heteroatoms. The van der Waals surface area contributed by atoms with E-state index in [2.05, 4.69) is 29.3 Å². The van der Waals surface area contributed by atoms with Crippen LogP contribution in [0.4, 0.5) is 5.95 Å². The molecule has 1 aromatic carbocycles. The fourth-order valence-corrected chi connectivity index (χ4v) is 6.37. The number of hydrogen-bond donors (Lipinski definition) is 1. The van der Waals surface area contributed by atoms with Crippen molar-refractivity contribution in [1.29, 1.82) is 0 Å². The molecule has 45 heavy (non-hydrogen) atoms. The molecule has 6 rings (SSSR count). The number of pyridine rings is 1. The molecular weight excluding hydrogens is 660 g/mol. The summed E-state index contributed by atoms with van der Waals surface area (Å²) < 4.78 is 8.32. The van der Waals surface area contributed by atoms with Crippen molar-refractivity contribution in [2.24, 2.45) is 13.0 Å². The summed E-state index contributed by atoms with van der Waals surface area (Å²) in [6.07, 6.45) is 6.14. The molecule has 1 saturated heterocycles. The van der Waals surface area contributed by atoms with E-state index in [4.69, 9.17) is 38.0 Å². The number of aryl methyl sites for hydroxylation is 1. The largest absolute Gasteiger partial charge is 0.481 e. The molecule has 0 bridgehead atoms. The summed E-state index contributed by atoms with van der Waals surface area (Å²) in [5.74, 6) is 2.02. The van der Waals surface area contributed by atoms with Gasteiger partial charge < -0.3 is 19.3 Å². The topological polar surface area (TPSA) is 110 Å². The minimum atomic E-state index is -0.732. The number of piperidine rings is 1. The number of carboxylic acid groups (broad SMARTS) is 1. The van der Waals surface area contributed by atoms with E-state index in [0.29, 0.717) is 46.4 Å². The number of fused-ring (bicyclic) bond motifs is 1. The van der Waals surface area contributed by atoms with Crippen LogP contribution in [0.3, 0.4) is 0 Å². The van der Waals surface area contributed by atoms with Crippen molar-refractivity contribution in [2.75, 3.05) is 24.5 Å². The number of hydrogen-bond acceptors (Lipinski definition) is 8. The van der Waals surface area contributed by atoms with Crippen LogP contribution in [0.25, 0.3) is 11.3 Å². The fourth-order valence-electron chi connectivity index (χ4n) is 5.84. The van der Waals surface area contributed by atoms with Crippen molar-refractivity contribution < 1.29 is 14.6 Å². The van der Waals surface area contributed by atoms with Crippen molar-refractivity contribution in [3.63, 3.8) is 0 Å². The van der Waals surface area contributed by atoms with E-state index < -0.39 is 5.97 Å². The van der Waals surface area contributed by atoms with E-state index >= 15 is 0 Å². The zero-order valence-corrected chi connectivity index (χ0v) is 28.1. The van der Waals surface area contributed by atoms with Gasteiger partial charge in [-0.05, 0) is 68.6 Å². The molecule has 0 amide bonds. The highest BCUT2D eigenvalue weighted by molar-refractivity contribution is 6.35. The first-order valence-electron chi connectivity index (χ1n) is 14.4. The Balaban J connectivity index is 0.00000230. The monoisotopic (exact) mass is 693 g/mol. The van der Waals surface area contributed by atoms with Crippen LogP contribution < -0.4 is 9.64 Å². The third-order valence-electron chi connectivity index (χ3n) is 8.20. The number of nitrogens with zero attached hydrogens (tertiary/aromatic N) is 7. The van der Waals surface area contributed by atoms with E-state index in [1.54, 1.807) is 18.5 Å². The summed E-state index contributed by atoms with van der Waals surface area (Å²) >= 11 is 12.6. The van der Waals surface area contributed by atoms with E-state index in [9.17, 15) is 4.79 Å². The van der Waals surface area contributed by atoms with Crippen LogP contribution in [0.2, 0.25) is 10.0 Å². The van der Waals surface area contributed by atoms with Crippen molar-refractivity contribution in [3.05, 3.63) is 75.5 Å². The van der Waals surface area contributed by atoms with E-state index in [1.165, 1.54) is 5.69 Å². The van der Waals surface area contributed by atoms with Crippen molar-refractivity contribution in [3.8, 4) is 22.9 Å². The fraction of sp³-hybridized carbons (Fsp3) is 0.387. The molecule has 1 fully saturated rings. The van der Waals surface area contributed by atoms with E-state index in [0.717, 1.165) is 61.5 Å². The molecule has 5 heterocycles. The van der Waals surface area contributed by atoms with Crippen LogP contribution in [0.1, 0.15) is 42.0 Å². The second kappa shape index (κ2) is 15.0. The Labute approximate surface area is 284 Å². The van der Waals surface area contributed by atoms with Crippen molar-refractivity contribution in [1.82, 2.24) is 29.4 Å². The lowest BCUT2D eigenvalue weighted by atomic mass is 9.93. The van der Waals surface area contributed by atoms with Gasteiger partial charge >= 0.3 is 5.97 Å². The number of likely N-dealkylation sites (tertiary alicyclic amines) is 1. The van der Waals surface area contributed by atoms with Gasteiger partial charge in [0.1, 0.15) is 5.82 Å². The lowest BCUT2D eigenvalue weighted by molar-refractivity contribution is -0.138. The summed E-state index contributed by atoms with van der Waals surface area (Å²) in [4.78, 5) is 34.3. The average Bonchev–Trinajstić information content (AvgIpc) is 3.26. The van der Waals surface area contributed by atoms with Crippen molar-refractivity contribution >= 4 is 59.9 Å². The second-order valence-electron chi connectivity index (χ2n) is 11.3. The third-order valence-corrected chi connectivity index (χ3v) is 8.63. The van der Waals surface area contributed by atoms with Crippen molar-refractivity contribution in [2.45, 2.75) is 45.7 Å². The SMILES string of the molecule is Cc1nc2c(n1C)CN(c1ncc(Oc3cc(CN4CCC(CC(=O)O)CC4)cc(-c4cc(Cl)cc(Cl)c4)n3)cn1)CC2.Cl.Cl. The number of anilines is 1. The standard InChI is InChI=1S/C31H33Cl2N7O3.2ClH/c1-19-36-26-5-8-40(18-28(26)38(19)2)31-34-15-25(16-35-31)43-29-10-21(17-39-6-3-20(4-7-39)11-30(41)42)9-27(37-29)22-12-23(32)14-24(33)13-22;;/h9-10,12-16,20H,3-8,11,17-18H2,1-2H3,(H,41,42);2*1H. The third kappa shape index (κ3) is 8.37. The molecule has 10 nitrogen and oxygen atoms in total. The Hall–Kier alpha value is -3.15. The maximum atomic E-state index is 11.1. The van der Waals surface area contributed by atoms with E-state index in [1.807, 2.05) is 38.2 Å². The first kappa shape index (κ1) is 34.7. The first-order valence-corrected chi connectivity index (χ1v) is 15.1. The maximum Gasteiger partial charge on any atom is 0.303 e. The predicted molar refractivity (Wildman–Crippen MR) is 179 cm³/mol. The Morgan fingerprint density at radius 2 is 1.69 bits per heavy atom.